The van der Waals surface area contributed by atoms with Gasteiger partial charge in [-0.15, -0.1) is 6.58 Å². The zero-order valence-electron chi connectivity index (χ0n) is 7.20. The van der Waals surface area contributed by atoms with E-state index in [1.165, 1.54) is 13.0 Å². The van der Waals surface area contributed by atoms with E-state index >= 15 is 0 Å². The van der Waals surface area contributed by atoms with Gasteiger partial charge in [-0.3, -0.25) is 9.59 Å². The van der Waals surface area contributed by atoms with Gasteiger partial charge in [-0.1, -0.05) is 13.0 Å². The Kier molecular flexibility index (Phi) is 3.01. The first-order valence-electron chi connectivity index (χ1n) is 3.53. The molecule has 0 aromatic rings. The van der Waals surface area contributed by atoms with Crippen LogP contribution in [0.5, 0.6) is 0 Å². The van der Waals surface area contributed by atoms with Crippen molar-refractivity contribution in [3.05, 3.63) is 12.7 Å². The first kappa shape index (κ1) is 10.7. The number of nitrogens with two attached hydrogens (primary N) is 1. The quantitative estimate of drug-likeness (QED) is 0.474. The van der Waals surface area contributed by atoms with E-state index in [0.717, 1.165) is 0 Å². The summed E-state index contributed by atoms with van der Waals surface area (Å²) in [5.74, 6) is -2.54. The van der Waals surface area contributed by atoms with Gasteiger partial charge in [-0.2, -0.15) is 0 Å². The standard InChI is InChI=1S/C8H13NO3/c1-4-5(2)8(3,6(9)10)7(11)12/h4-5H,1H2,2-3H3,(H2,9,10)(H,11,12). The molecule has 0 radical (unpaired) electrons. The first-order chi connectivity index (χ1) is 5.37. The van der Waals surface area contributed by atoms with Gasteiger partial charge in [0.1, 0.15) is 5.41 Å². The molecular weight excluding hydrogens is 158 g/mol. The van der Waals surface area contributed by atoms with Crippen molar-refractivity contribution in [1.29, 1.82) is 0 Å². The Morgan fingerprint density at radius 1 is 1.67 bits per heavy atom. The number of carboxylic acid groups (broad SMARTS) is 1. The Bertz CT molecular complexity index is 208. The normalized spacial score (nSPS) is 17.5. The summed E-state index contributed by atoms with van der Waals surface area (Å²) >= 11 is 0. The van der Waals surface area contributed by atoms with Crippen molar-refractivity contribution in [2.75, 3.05) is 0 Å². The van der Waals surface area contributed by atoms with Crippen LogP contribution in [0.4, 0.5) is 0 Å². The Morgan fingerprint density at radius 3 is 2.17 bits per heavy atom. The molecule has 0 aromatic heterocycles. The molecule has 0 aromatic carbocycles. The zero-order valence-corrected chi connectivity index (χ0v) is 7.20. The van der Waals surface area contributed by atoms with Crippen LogP contribution in [0.25, 0.3) is 0 Å². The summed E-state index contributed by atoms with van der Waals surface area (Å²) in [5, 5.41) is 8.76. The number of carbonyl (C=O) groups is 2. The van der Waals surface area contributed by atoms with E-state index in [2.05, 4.69) is 6.58 Å². The number of hydrogen-bond acceptors (Lipinski definition) is 2. The molecule has 0 fully saturated rings. The highest BCUT2D eigenvalue weighted by Gasteiger charge is 2.43. The third-order valence-corrected chi connectivity index (χ3v) is 2.22. The van der Waals surface area contributed by atoms with E-state index in [1.54, 1.807) is 6.92 Å². The number of carbonyl (C=O) groups excluding carboxylic acids is 1. The van der Waals surface area contributed by atoms with Gasteiger partial charge < -0.3 is 10.8 Å². The summed E-state index contributed by atoms with van der Waals surface area (Å²) in [4.78, 5) is 21.6. The molecule has 0 aliphatic carbocycles. The second-order valence-corrected chi connectivity index (χ2v) is 2.90. The van der Waals surface area contributed by atoms with Crippen LogP contribution >= 0.6 is 0 Å². The molecular formula is C8H13NO3. The highest BCUT2D eigenvalue weighted by Crippen LogP contribution is 2.27. The number of aliphatic carboxylic acids is 1. The van der Waals surface area contributed by atoms with Crippen molar-refractivity contribution < 1.29 is 14.7 Å². The van der Waals surface area contributed by atoms with E-state index < -0.39 is 23.2 Å². The van der Waals surface area contributed by atoms with Crippen LogP contribution in [0.2, 0.25) is 0 Å². The van der Waals surface area contributed by atoms with Crippen molar-refractivity contribution in [2.24, 2.45) is 17.1 Å². The predicted molar refractivity (Wildman–Crippen MR) is 44.3 cm³/mol. The molecule has 68 valence electrons. The van der Waals surface area contributed by atoms with Crippen molar-refractivity contribution in [3.8, 4) is 0 Å². The largest absolute Gasteiger partial charge is 0.480 e. The molecule has 2 atom stereocenters. The van der Waals surface area contributed by atoms with E-state index in [9.17, 15) is 9.59 Å². The third-order valence-electron chi connectivity index (χ3n) is 2.22. The molecule has 4 nitrogen and oxygen atoms in total. The average molecular weight is 171 g/mol. The topological polar surface area (TPSA) is 80.4 Å². The lowest BCUT2D eigenvalue weighted by Gasteiger charge is -2.25. The number of primary amides is 1. The lowest BCUT2D eigenvalue weighted by atomic mass is 9.77. The minimum absolute atomic E-state index is 0.479. The van der Waals surface area contributed by atoms with Crippen LogP contribution in [0.15, 0.2) is 12.7 Å². The minimum Gasteiger partial charge on any atom is -0.480 e. The molecule has 4 heteroatoms. The molecule has 0 aliphatic rings. The number of hydrogen-bond donors (Lipinski definition) is 2. The van der Waals surface area contributed by atoms with E-state index in [1.807, 2.05) is 0 Å². The van der Waals surface area contributed by atoms with Gasteiger partial charge in [-0.05, 0) is 12.8 Å². The highest BCUT2D eigenvalue weighted by atomic mass is 16.4. The molecule has 0 heterocycles. The Morgan fingerprint density at radius 2 is 2.08 bits per heavy atom. The fraction of sp³-hybridized carbons (Fsp3) is 0.500. The smallest absolute Gasteiger partial charge is 0.319 e. The van der Waals surface area contributed by atoms with Crippen molar-refractivity contribution in [3.63, 3.8) is 0 Å². The Hall–Kier alpha value is -1.32. The first-order valence-corrected chi connectivity index (χ1v) is 3.53. The molecule has 1 amide bonds. The summed E-state index contributed by atoms with van der Waals surface area (Å²) in [5.41, 5.74) is 3.43. The Balaban J connectivity index is 4.99. The van der Waals surface area contributed by atoms with Gasteiger partial charge >= 0.3 is 5.97 Å². The lowest BCUT2D eigenvalue weighted by molar-refractivity contribution is -0.155. The van der Waals surface area contributed by atoms with Crippen LogP contribution < -0.4 is 5.73 Å². The lowest BCUT2D eigenvalue weighted by Crippen LogP contribution is -2.45. The fourth-order valence-electron chi connectivity index (χ4n) is 0.760. The second kappa shape index (κ2) is 3.38. The molecule has 0 bridgehead atoms. The van der Waals surface area contributed by atoms with Gasteiger partial charge in [0.2, 0.25) is 5.91 Å². The highest BCUT2D eigenvalue weighted by molar-refractivity contribution is 6.01. The number of rotatable bonds is 4. The van der Waals surface area contributed by atoms with Crippen molar-refractivity contribution >= 4 is 11.9 Å². The maximum absolute atomic E-state index is 10.9. The predicted octanol–water partition coefficient (Wildman–Crippen LogP) is 0.385. The summed E-state index contributed by atoms with van der Waals surface area (Å²) in [6.45, 7) is 6.31. The van der Waals surface area contributed by atoms with Crippen LogP contribution in [0.1, 0.15) is 13.8 Å². The molecule has 0 aliphatic heterocycles. The maximum atomic E-state index is 10.9. The maximum Gasteiger partial charge on any atom is 0.319 e. The molecule has 0 spiro atoms. The molecule has 0 saturated carbocycles. The van der Waals surface area contributed by atoms with E-state index in [4.69, 9.17) is 10.8 Å². The summed E-state index contributed by atoms with van der Waals surface area (Å²) in [7, 11) is 0. The van der Waals surface area contributed by atoms with Gasteiger partial charge in [0.05, 0.1) is 0 Å². The SMILES string of the molecule is C=CC(C)C(C)(C(N)=O)C(=O)O. The monoisotopic (exact) mass is 171 g/mol. The third kappa shape index (κ3) is 1.47. The fourth-order valence-corrected chi connectivity index (χ4v) is 0.760. The van der Waals surface area contributed by atoms with Gasteiger partial charge in [0.25, 0.3) is 0 Å². The van der Waals surface area contributed by atoms with Crippen molar-refractivity contribution in [2.45, 2.75) is 13.8 Å². The summed E-state index contributed by atoms with van der Waals surface area (Å²) in [6.07, 6.45) is 1.40. The molecule has 0 saturated heterocycles. The van der Waals surface area contributed by atoms with E-state index in [0.29, 0.717) is 0 Å². The van der Waals surface area contributed by atoms with Gasteiger partial charge in [-0.25, -0.2) is 0 Å². The number of carboxylic acids is 1. The van der Waals surface area contributed by atoms with Gasteiger partial charge in [0, 0.05) is 0 Å². The van der Waals surface area contributed by atoms with Crippen LogP contribution in [0.3, 0.4) is 0 Å². The van der Waals surface area contributed by atoms with Crippen LogP contribution in [0, 0.1) is 11.3 Å². The molecule has 2 unspecified atom stereocenters. The zero-order chi connectivity index (χ0) is 9.94. The minimum atomic E-state index is -1.55. The molecule has 12 heavy (non-hydrogen) atoms. The summed E-state index contributed by atoms with van der Waals surface area (Å²) in [6, 6.07) is 0. The number of amides is 1. The van der Waals surface area contributed by atoms with Crippen LogP contribution in [-0.4, -0.2) is 17.0 Å². The molecule has 3 N–H and O–H groups in total. The summed E-state index contributed by atoms with van der Waals surface area (Å²) < 4.78 is 0. The number of allylic oxidation sites excluding steroid dienone is 1. The van der Waals surface area contributed by atoms with Crippen LogP contribution in [-0.2, 0) is 9.59 Å². The second-order valence-electron chi connectivity index (χ2n) is 2.90. The van der Waals surface area contributed by atoms with Gasteiger partial charge in [0.15, 0.2) is 0 Å². The van der Waals surface area contributed by atoms with Crippen molar-refractivity contribution in [1.82, 2.24) is 0 Å². The molecule has 0 rings (SSSR count). The average Bonchev–Trinajstić information content (AvgIpc) is 2.00. The Labute approximate surface area is 71.1 Å². The van der Waals surface area contributed by atoms with E-state index in [-0.39, 0.29) is 0 Å².